The molecule has 1 aromatic heterocycles. The molecule has 1 aliphatic heterocycles. The van der Waals surface area contributed by atoms with Gasteiger partial charge in [0.15, 0.2) is 5.16 Å². The summed E-state index contributed by atoms with van der Waals surface area (Å²) in [4.78, 5) is 30.0. The second kappa shape index (κ2) is 10.4. The van der Waals surface area contributed by atoms with Gasteiger partial charge in [-0.25, -0.2) is 9.78 Å². The first-order valence-electron chi connectivity index (χ1n) is 11.0. The van der Waals surface area contributed by atoms with Gasteiger partial charge in [0.2, 0.25) is 0 Å². The van der Waals surface area contributed by atoms with Gasteiger partial charge in [0.1, 0.15) is 5.75 Å². The summed E-state index contributed by atoms with van der Waals surface area (Å²) in [5.41, 5.74) is 3.01. The van der Waals surface area contributed by atoms with Crippen molar-refractivity contribution in [3.8, 4) is 5.75 Å². The lowest BCUT2D eigenvalue weighted by atomic mass is 10.1. The number of methoxy groups -OCH3 is 1. The Bertz CT molecular complexity index is 1200. The van der Waals surface area contributed by atoms with Crippen molar-refractivity contribution in [2.45, 2.75) is 44.5 Å². The van der Waals surface area contributed by atoms with Crippen LogP contribution < -0.4 is 10.3 Å². The molecule has 0 spiro atoms. The number of benzene rings is 2. The molecule has 2 aromatic carbocycles. The summed E-state index contributed by atoms with van der Waals surface area (Å²) < 4.78 is 18.2. The fraction of sp³-hybridized carbons (Fsp3) is 0.400. The van der Waals surface area contributed by atoms with E-state index in [-0.39, 0.29) is 11.7 Å². The highest BCUT2D eigenvalue weighted by atomic mass is 32.2. The molecule has 0 saturated carbocycles. The van der Waals surface area contributed by atoms with E-state index in [1.807, 2.05) is 26.0 Å². The Labute approximate surface area is 197 Å². The molecule has 4 rings (SSSR count). The lowest BCUT2D eigenvalue weighted by Gasteiger charge is -2.17. The molecule has 8 heteroatoms. The molecule has 3 aromatic rings. The van der Waals surface area contributed by atoms with E-state index >= 15 is 0 Å². The van der Waals surface area contributed by atoms with Crippen molar-refractivity contribution in [1.29, 1.82) is 0 Å². The van der Waals surface area contributed by atoms with Crippen LogP contribution in [0.4, 0.5) is 0 Å². The standard InChI is InChI=1S/C25H28N2O5S/c1-16-11-17(2)13-20(12-16)32-9-10-33-25-26-22-14-18(24(29)30-3)6-7-21(22)23(28)27(25)15-19-5-4-8-31-19/h6-7,11-14,19H,4-5,8-10,15H2,1-3H3/t19-/m1/s1. The van der Waals surface area contributed by atoms with Gasteiger partial charge in [-0.05, 0) is 68.1 Å². The molecule has 1 aliphatic rings. The fourth-order valence-electron chi connectivity index (χ4n) is 4.02. The Morgan fingerprint density at radius 1 is 1.21 bits per heavy atom. The summed E-state index contributed by atoms with van der Waals surface area (Å²) >= 11 is 1.46. The van der Waals surface area contributed by atoms with Crippen LogP contribution in [0.15, 0.2) is 46.3 Å². The van der Waals surface area contributed by atoms with E-state index in [1.165, 1.54) is 18.9 Å². The summed E-state index contributed by atoms with van der Waals surface area (Å²) in [6, 6.07) is 11.0. The molecule has 0 amide bonds. The summed E-state index contributed by atoms with van der Waals surface area (Å²) in [6.45, 7) is 5.74. The molecule has 0 aliphatic carbocycles. The van der Waals surface area contributed by atoms with Gasteiger partial charge in [-0.1, -0.05) is 17.8 Å². The number of hydrogen-bond donors (Lipinski definition) is 0. The summed E-state index contributed by atoms with van der Waals surface area (Å²) in [5.74, 6) is 0.991. The summed E-state index contributed by atoms with van der Waals surface area (Å²) in [6.07, 6.45) is 1.92. The van der Waals surface area contributed by atoms with Crippen LogP contribution in [0, 0.1) is 13.8 Å². The Kier molecular flexibility index (Phi) is 7.35. The molecule has 0 unspecified atom stereocenters. The molecular formula is C25H28N2O5S. The molecular weight excluding hydrogens is 440 g/mol. The van der Waals surface area contributed by atoms with Gasteiger partial charge in [-0.15, -0.1) is 0 Å². The van der Waals surface area contributed by atoms with Crippen LogP contribution >= 0.6 is 11.8 Å². The van der Waals surface area contributed by atoms with Crippen LogP contribution in [0.2, 0.25) is 0 Å². The van der Waals surface area contributed by atoms with Crippen LogP contribution in [0.3, 0.4) is 0 Å². The highest BCUT2D eigenvalue weighted by Crippen LogP contribution is 2.23. The number of aromatic nitrogens is 2. The Morgan fingerprint density at radius 2 is 2.00 bits per heavy atom. The zero-order valence-electron chi connectivity index (χ0n) is 19.1. The van der Waals surface area contributed by atoms with Crippen molar-refractivity contribution in [3.63, 3.8) is 0 Å². The van der Waals surface area contributed by atoms with Crippen molar-refractivity contribution < 1.29 is 19.0 Å². The molecule has 1 saturated heterocycles. The van der Waals surface area contributed by atoms with Crippen molar-refractivity contribution >= 4 is 28.6 Å². The second-order valence-electron chi connectivity index (χ2n) is 8.19. The van der Waals surface area contributed by atoms with Gasteiger partial charge in [0, 0.05) is 12.4 Å². The van der Waals surface area contributed by atoms with Gasteiger partial charge < -0.3 is 14.2 Å². The quantitative estimate of drug-likeness (QED) is 0.213. The SMILES string of the molecule is COC(=O)c1ccc2c(=O)n(C[C@H]3CCCO3)c(SCCOc3cc(C)cc(C)c3)nc2c1. The highest BCUT2D eigenvalue weighted by Gasteiger charge is 2.21. The first-order valence-corrected chi connectivity index (χ1v) is 12.0. The number of aryl methyl sites for hydroxylation is 2. The number of nitrogens with zero attached hydrogens (tertiary/aromatic N) is 2. The summed E-state index contributed by atoms with van der Waals surface area (Å²) in [7, 11) is 1.33. The van der Waals surface area contributed by atoms with Crippen LogP contribution in [-0.4, -0.2) is 47.7 Å². The zero-order valence-corrected chi connectivity index (χ0v) is 19.9. The maximum absolute atomic E-state index is 13.3. The molecule has 174 valence electrons. The maximum atomic E-state index is 13.3. The average Bonchev–Trinajstić information content (AvgIpc) is 3.31. The number of carbonyl (C=O) groups excluding carboxylic acids is 1. The van der Waals surface area contributed by atoms with Crippen LogP contribution in [0.5, 0.6) is 5.75 Å². The van der Waals surface area contributed by atoms with Gasteiger partial charge in [-0.2, -0.15) is 0 Å². The number of hydrogen-bond acceptors (Lipinski definition) is 7. The van der Waals surface area contributed by atoms with Crippen LogP contribution in [0.1, 0.15) is 34.3 Å². The minimum atomic E-state index is -0.460. The predicted octanol–water partition coefficient (Wildman–Crippen LogP) is 4.15. The smallest absolute Gasteiger partial charge is 0.337 e. The molecule has 0 bridgehead atoms. The monoisotopic (exact) mass is 468 g/mol. The Hall–Kier alpha value is -2.84. The molecule has 0 radical (unpaired) electrons. The average molecular weight is 469 g/mol. The lowest BCUT2D eigenvalue weighted by molar-refractivity contribution is 0.0601. The molecule has 33 heavy (non-hydrogen) atoms. The largest absolute Gasteiger partial charge is 0.493 e. The molecule has 2 heterocycles. The first kappa shape index (κ1) is 23.3. The fourth-order valence-corrected chi connectivity index (χ4v) is 4.84. The van der Waals surface area contributed by atoms with Crippen LogP contribution in [-0.2, 0) is 16.0 Å². The Morgan fingerprint density at radius 3 is 2.70 bits per heavy atom. The third-order valence-electron chi connectivity index (χ3n) is 5.53. The number of fused-ring (bicyclic) bond motifs is 1. The highest BCUT2D eigenvalue weighted by molar-refractivity contribution is 7.99. The number of ether oxygens (including phenoxy) is 3. The minimum Gasteiger partial charge on any atom is -0.493 e. The van der Waals surface area contributed by atoms with Crippen molar-refractivity contribution in [3.05, 3.63) is 63.4 Å². The van der Waals surface area contributed by atoms with E-state index in [4.69, 9.17) is 19.2 Å². The third-order valence-corrected chi connectivity index (χ3v) is 6.47. The van der Waals surface area contributed by atoms with Gasteiger partial charge in [-0.3, -0.25) is 9.36 Å². The van der Waals surface area contributed by atoms with E-state index < -0.39 is 5.97 Å². The number of thioether (sulfide) groups is 1. The first-order chi connectivity index (χ1) is 15.9. The zero-order chi connectivity index (χ0) is 23.4. The third kappa shape index (κ3) is 5.57. The van der Waals surface area contributed by atoms with E-state index in [9.17, 15) is 9.59 Å². The topological polar surface area (TPSA) is 79.7 Å². The number of carbonyl (C=O) groups is 1. The van der Waals surface area contributed by atoms with Crippen molar-refractivity contribution in [2.75, 3.05) is 26.1 Å². The lowest BCUT2D eigenvalue weighted by Crippen LogP contribution is -2.29. The number of rotatable bonds is 8. The minimum absolute atomic E-state index is 0.00200. The Balaban J connectivity index is 1.58. The van der Waals surface area contributed by atoms with E-state index in [0.29, 0.717) is 40.5 Å². The molecule has 7 nitrogen and oxygen atoms in total. The van der Waals surface area contributed by atoms with Crippen molar-refractivity contribution in [2.24, 2.45) is 0 Å². The normalized spacial score (nSPS) is 15.7. The summed E-state index contributed by atoms with van der Waals surface area (Å²) in [5, 5.41) is 1.06. The molecule has 0 N–H and O–H groups in total. The number of esters is 1. The van der Waals surface area contributed by atoms with Gasteiger partial charge >= 0.3 is 5.97 Å². The van der Waals surface area contributed by atoms with Gasteiger partial charge in [0.05, 0.1) is 42.8 Å². The molecule has 1 atom stereocenters. The van der Waals surface area contributed by atoms with Crippen LogP contribution in [0.25, 0.3) is 10.9 Å². The molecule has 1 fully saturated rings. The van der Waals surface area contributed by atoms with Gasteiger partial charge in [0.25, 0.3) is 5.56 Å². The predicted molar refractivity (Wildman–Crippen MR) is 128 cm³/mol. The van der Waals surface area contributed by atoms with E-state index in [2.05, 4.69) is 6.07 Å². The van der Waals surface area contributed by atoms with Crippen molar-refractivity contribution in [1.82, 2.24) is 9.55 Å². The van der Waals surface area contributed by atoms with E-state index in [1.54, 1.807) is 22.8 Å². The second-order valence-corrected chi connectivity index (χ2v) is 9.25. The maximum Gasteiger partial charge on any atom is 0.337 e. The van der Waals surface area contributed by atoms with E-state index in [0.717, 1.165) is 36.3 Å².